The van der Waals surface area contributed by atoms with Crippen molar-refractivity contribution in [3.8, 4) is 18.0 Å². The average molecular weight is 400 g/mol. The molecule has 13 heteroatoms. The number of nitriles is 2. The number of aromatic hydroxyl groups is 1. The van der Waals surface area contributed by atoms with Crippen LogP contribution in [0.1, 0.15) is 22.7 Å². The quantitative estimate of drug-likeness (QED) is 0.211. The number of hydrogen-bond acceptors (Lipinski definition) is 11. The van der Waals surface area contributed by atoms with Gasteiger partial charge in [0.15, 0.2) is 11.9 Å². The molecule has 2 heterocycles. The van der Waals surface area contributed by atoms with E-state index < -0.39 is 22.4 Å². The van der Waals surface area contributed by atoms with Gasteiger partial charge in [0.1, 0.15) is 29.3 Å². The van der Waals surface area contributed by atoms with Crippen LogP contribution in [0.2, 0.25) is 5.02 Å². The summed E-state index contributed by atoms with van der Waals surface area (Å²) in [7, 11) is 0. The van der Waals surface area contributed by atoms with Gasteiger partial charge in [-0.3, -0.25) is 15.4 Å². The molecular formula is C15H10ClN9O3. The number of benzene rings is 1. The van der Waals surface area contributed by atoms with E-state index in [4.69, 9.17) is 28.3 Å². The van der Waals surface area contributed by atoms with Crippen LogP contribution in [-0.4, -0.2) is 21.0 Å². The molecule has 1 aliphatic rings. The largest absolute Gasteiger partial charge is 0.502 e. The summed E-state index contributed by atoms with van der Waals surface area (Å²) in [4.78, 5) is 18.7. The highest BCUT2D eigenvalue weighted by molar-refractivity contribution is 6.31. The van der Waals surface area contributed by atoms with Gasteiger partial charge in [-0.2, -0.15) is 10.5 Å². The number of nitrogens with two attached hydrogens (primary N) is 2. The highest BCUT2D eigenvalue weighted by atomic mass is 35.5. The van der Waals surface area contributed by atoms with Crippen LogP contribution in [0.25, 0.3) is 0 Å². The van der Waals surface area contributed by atoms with Crippen LogP contribution in [-0.2, 0) is 0 Å². The number of nitrogen functional groups attached to an aromatic ring is 2. The Labute approximate surface area is 161 Å². The standard InChI is InChI=1S/C15H10ClN9O3/c16-5-1-6(12(26)8(2-5)25(27)28)11-9-10(19)7(3-17)13(20)23-14(9)24-15(22-11)21-4-18/h1-2,11,26H,(H6,19,20,21,22,23,24). The minimum atomic E-state index is -1.16. The van der Waals surface area contributed by atoms with Gasteiger partial charge in [0, 0.05) is 22.2 Å². The fourth-order valence-electron chi connectivity index (χ4n) is 2.76. The van der Waals surface area contributed by atoms with Crippen molar-refractivity contribution in [1.29, 1.82) is 10.5 Å². The molecule has 1 aliphatic heterocycles. The predicted octanol–water partition coefficient (Wildman–Crippen LogP) is 1.33. The van der Waals surface area contributed by atoms with Gasteiger partial charge in [0.2, 0.25) is 5.96 Å². The van der Waals surface area contributed by atoms with Crippen molar-refractivity contribution < 1.29 is 10.0 Å². The number of aromatic nitrogens is 1. The number of nitrogens with one attached hydrogen (secondary N) is 2. The van der Waals surface area contributed by atoms with E-state index in [1.807, 2.05) is 6.07 Å². The van der Waals surface area contributed by atoms with Crippen LogP contribution in [0.15, 0.2) is 17.1 Å². The van der Waals surface area contributed by atoms with Crippen LogP contribution in [0.5, 0.6) is 5.75 Å². The maximum atomic E-state index is 11.2. The smallest absolute Gasteiger partial charge is 0.312 e. The molecule has 1 unspecified atom stereocenters. The summed E-state index contributed by atoms with van der Waals surface area (Å²) in [6, 6.07) is 2.90. The first-order valence-corrected chi connectivity index (χ1v) is 7.81. The van der Waals surface area contributed by atoms with Crippen molar-refractivity contribution in [2.75, 3.05) is 16.8 Å². The lowest BCUT2D eigenvalue weighted by Gasteiger charge is -2.26. The van der Waals surface area contributed by atoms with Crippen molar-refractivity contribution >= 4 is 40.6 Å². The van der Waals surface area contributed by atoms with Gasteiger partial charge < -0.3 is 21.9 Å². The second-order valence-corrected chi connectivity index (χ2v) is 5.96. The maximum absolute atomic E-state index is 11.2. The van der Waals surface area contributed by atoms with Crippen molar-refractivity contribution in [3.05, 3.63) is 44.0 Å². The van der Waals surface area contributed by atoms with E-state index in [0.29, 0.717) is 0 Å². The second-order valence-electron chi connectivity index (χ2n) is 5.52. The third-order valence-corrected chi connectivity index (χ3v) is 4.15. The van der Waals surface area contributed by atoms with Gasteiger partial charge in [-0.15, -0.1) is 0 Å². The van der Waals surface area contributed by atoms with E-state index in [0.717, 1.165) is 6.07 Å². The Morgan fingerprint density at radius 2 is 2.11 bits per heavy atom. The molecule has 140 valence electrons. The van der Waals surface area contributed by atoms with Gasteiger partial charge >= 0.3 is 5.69 Å². The van der Waals surface area contributed by atoms with Crippen molar-refractivity contribution in [2.45, 2.75) is 6.04 Å². The highest BCUT2D eigenvalue weighted by Crippen LogP contribution is 2.46. The van der Waals surface area contributed by atoms with E-state index >= 15 is 0 Å². The molecule has 3 rings (SSSR count). The molecule has 0 amide bonds. The van der Waals surface area contributed by atoms with Crippen LogP contribution in [0, 0.1) is 32.9 Å². The minimum Gasteiger partial charge on any atom is -0.502 e. The molecule has 0 bridgehead atoms. The molecule has 0 fully saturated rings. The van der Waals surface area contributed by atoms with Crippen LogP contribution in [0.3, 0.4) is 0 Å². The molecule has 1 aromatic heterocycles. The summed E-state index contributed by atoms with van der Waals surface area (Å²) < 4.78 is 0. The number of phenols is 1. The number of guanidine groups is 1. The number of halogens is 1. The normalized spacial score (nSPS) is 14.7. The molecule has 7 N–H and O–H groups in total. The number of nitro groups is 1. The number of rotatable bonds is 2. The van der Waals surface area contributed by atoms with E-state index in [1.165, 1.54) is 6.07 Å². The topological polar surface area (TPSA) is 212 Å². The van der Waals surface area contributed by atoms with Gasteiger partial charge in [-0.05, 0) is 6.07 Å². The van der Waals surface area contributed by atoms with Gasteiger partial charge in [-0.25, -0.2) is 9.98 Å². The monoisotopic (exact) mass is 399 g/mol. The first kappa shape index (κ1) is 18.5. The van der Waals surface area contributed by atoms with E-state index in [9.17, 15) is 20.5 Å². The SMILES string of the molecule is N#CNC1=NC(c2cc(Cl)cc([N+](=O)[O-])c2O)c2c(nc(N)c(C#N)c2N)N1. The number of nitro benzene ring substituents is 1. The molecule has 1 aromatic carbocycles. The number of phenolic OH excluding ortho intramolecular Hbond substituents is 1. The van der Waals surface area contributed by atoms with Crippen molar-refractivity contribution in [1.82, 2.24) is 10.3 Å². The van der Waals surface area contributed by atoms with Gasteiger partial charge in [0.25, 0.3) is 0 Å². The number of fused-ring (bicyclic) bond motifs is 1. The molecule has 0 aliphatic carbocycles. The van der Waals surface area contributed by atoms with E-state index in [2.05, 4.69) is 20.6 Å². The van der Waals surface area contributed by atoms with Crippen molar-refractivity contribution in [3.63, 3.8) is 0 Å². The first-order chi connectivity index (χ1) is 13.3. The first-order valence-electron chi connectivity index (χ1n) is 7.44. The fraction of sp³-hybridized carbons (Fsp3) is 0.0667. The van der Waals surface area contributed by atoms with E-state index in [-0.39, 0.29) is 45.0 Å². The number of nitrogens with zero attached hydrogens (tertiary/aromatic N) is 5. The maximum Gasteiger partial charge on any atom is 0.312 e. The van der Waals surface area contributed by atoms with Crippen LogP contribution in [0.4, 0.5) is 23.0 Å². The number of anilines is 3. The molecule has 12 nitrogen and oxygen atoms in total. The molecular weight excluding hydrogens is 390 g/mol. The van der Waals surface area contributed by atoms with Crippen molar-refractivity contribution in [2.24, 2.45) is 4.99 Å². The number of pyridine rings is 1. The summed E-state index contributed by atoms with van der Waals surface area (Å²) in [6.07, 6.45) is 1.66. The summed E-state index contributed by atoms with van der Waals surface area (Å²) in [6.45, 7) is 0. The fourth-order valence-corrected chi connectivity index (χ4v) is 2.98. The lowest BCUT2D eigenvalue weighted by Crippen LogP contribution is -2.32. The Kier molecular flexibility index (Phi) is 4.48. The predicted molar refractivity (Wildman–Crippen MR) is 99.2 cm³/mol. The summed E-state index contributed by atoms with van der Waals surface area (Å²) in [5.41, 5.74) is 11.0. The zero-order valence-corrected chi connectivity index (χ0v) is 14.5. The summed E-state index contributed by atoms with van der Waals surface area (Å²) in [5.74, 6) is -0.863. The average Bonchev–Trinajstić information content (AvgIpc) is 2.63. The Balaban J connectivity index is 2.35. The van der Waals surface area contributed by atoms with Gasteiger partial charge in [0.05, 0.1) is 10.6 Å². The molecule has 0 spiro atoms. The summed E-state index contributed by atoms with van der Waals surface area (Å²) in [5, 5.41) is 44.7. The molecule has 0 radical (unpaired) electrons. The number of aliphatic imine (C=N–C) groups is 1. The second kappa shape index (κ2) is 6.79. The Bertz CT molecular complexity index is 1130. The molecule has 2 aromatic rings. The van der Waals surface area contributed by atoms with Crippen LogP contribution < -0.4 is 22.1 Å². The molecule has 0 saturated heterocycles. The Morgan fingerprint density at radius 1 is 1.39 bits per heavy atom. The molecule has 0 saturated carbocycles. The zero-order chi connectivity index (χ0) is 20.6. The van der Waals surface area contributed by atoms with Gasteiger partial charge in [-0.1, -0.05) is 11.6 Å². The Morgan fingerprint density at radius 3 is 2.71 bits per heavy atom. The lowest BCUT2D eigenvalue weighted by molar-refractivity contribution is -0.385. The zero-order valence-electron chi connectivity index (χ0n) is 13.8. The highest BCUT2D eigenvalue weighted by Gasteiger charge is 2.33. The summed E-state index contributed by atoms with van der Waals surface area (Å²) >= 11 is 5.97. The third kappa shape index (κ3) is 2.90. The number of hydrogen-bond donors (Lipinski definition) is 5. The third-order valence-electron chi connectivity index (χ3n) is 3.93. The van der Waals surface area contributed by atoms with Crippen LogP contribution >= 0.6 is 11.6 Å². The minimum absolute atomic E-state index is 0.0351. The molecule has 1 atom stereocenters. The Hall–Kier alpha value is -4.29. The van der Waals surface area contributed by atoms with E-state index in [1.54, 1.807) is 6.19 Å². The molecule has 28 heavy (non-hydrogen) atoms. The lowest BCUT2D eigenvalue weighted by atomic mass is 9.94.